The minimum Gasteiger partial charge on any atom is -0.465 e. The van der Waals surface area contributed by atoms with Gasteiger partial charge in [-0.25, -0.2) is 4.79 Å². The molecule has 24 heavy (non-hydrogen) atoms. The Morgan fingerprint density at radius 1 is 1.25 bits per heavy atom. The highest BCUT2D eigenvalue weighted by Gasteiger charge is 2.31. The molecule has 0 amide bonds. The molecule has 0 bridgehead atoms. The van der Waals surface area contributed by atoms with Crippen LogP contribution in [0.3, 0.4) is 0 Å². The smallest absolute Gasteiger partial charge is 0.341 e. The Bertz CT molecular complexity index is 712. The summed E-state index contributed by atoms with van der Waals surface area (Å²) in [5.41, 5.74) is 3.26. The lowest BCUT2D eigenvalue weighted by atomic mass is 9.87. The number of carbonyl (C=O) groups excluding carboxylic acids is 1. The van der Waals surface area contributed by atoms with Crippen molar-refractivity contribution in [3.63, 3.8) is 0 Å². The van der Waals surface area contributed by atoms with Crippen molar-refractivity contribution >= 4 is 21.9 Å². The molecule has 0 fully saturated rings. The molecule has 130 valence electrons. The molecule has 0 unspecified atom stereocenters. The monoisotopic (exact) mass is 392 g/mol. The summed E-state index contributed by atoms with van der Waals surface area (Å²) in [6, 6.07) is 8.09. The molecular formula is C19H25BrN2O2. The lowest BCUT2D eigenvalue weighted by Gasteiger charge is -2.21. The van der Waals surface area contributed by atoms with Crippen LogP contribution in [-0.4, -0.2) is 22.9 Å². The Balaban J connectivity index is 2.57. The molecule has 1 heterocycles. The maximum Gasteiger partial charge on any atom is 0.341 e. The minimum absolute atomic E-state index is 0.191. The largest absolute Gasteiger partial charge is 0.465 e. The fourth-order valence-electron chi connectivity index (χ4n) is 2.88. The van der Waals surface area contributed by atoms with Crippen LogP contribution in [0.4, 0.5) is 0 Å². The average Bonchev–Trinajstić information content (AvgIpc) is 2.87. The van der Waals surface area contributed by atoms with E-state index in [0.717, 1.165) is 34.4 Å². The SMILES string of the molecule is CCCn1nc(Cc2ccc(Br)cc2)c(C(=O)OC)c1C(C)(C)C. The van der Waals surface area contributed by atoms with Crippen molar-refractivity contribution in [2.75, 3.05) is 7.11 Å². The highest BCUT2D eigenvalue weighted by Crippen LogP contribution is 2.30. The van der Waals surface area contributed by atoms with E-state index in [2.05, 4.69) is 43.6 Å². The molecule has 0 aliphatic heterocycles. The van der Waals surface area contributed by atoms with E-state index in [9.17, 15) is 4.79 Å². The van der Waals surface area contributed by atoms with Crippen molar-refractivity contribution in [2.24, 2.45) is 0 Å². The molecule has 0 aliphatic rings. The highest BCUT2D eigenvalue weighted by molar-refractivity contribution is 9.10. The van der Waals surface area contributed by atoms with Crippen LogP contribution in [0, 0.1) is 0 Å². The Kier molecular flexibility index (Phi) is 5.86. The first-order valence-electron chi connectivity index (χ1n) is 8.20. The fourth-order valence-corrected chi connectivity index (χ4v) is 3.15. The van der Waals surface area contributed by atoms with Gasteiger partial charge < -0.3 is 4.74 Å². The number of aryl methyl sites for hydroxylation is 1. The molecule has 0 atom stereocenters. The Morgan fingerprint density at radius 2 is 1.88 bits per heavy atom. The summed E-state index contributed by atoms with van der Waals surface area (Å²) in [6.45, 7) is 9.21. The number of nitrogens with zero attached hydrogens (tertiary/aromatic N) is 2. The quantitative estimate of drug-likeness (QED) is 0.690. The van der Waals surface area contributed by atoms with Gasteiger partial charge in [-0.15, -0.1) is 0 Å². The number of rotatable bonds is 5. The van der Waals surface area contributed by atoms with Gasteiger partial charge in [0.2, 0.25) is 0 Å². The van der Waals surface area contributed by atoms with Crippen LogP contribution in [0.15, 0.2) is 28.7 Å². The Hall–Kier alpha value is -1.62. The summed E-state index contributed by atoms with van der Waals surface area (Å²) in [5, 5.41) is 4.76. The summed E-state index contributed by atoms with van der Waals surface area (Å²) in [5.74, 6) is -0.311. The second-order valence-corrected chi connectivity index (χ2v) is 7.85. The van der Waals surface area contributed by atoms with Crippen LogP contribution >= 0.6 is 15.9 Å². The predicted molar refractivity (Wildman–Crippen MR) is 99.5 cm³/mol. The number of esters is 1. The van der Waals surface area contributed by atoms with Crippen LogP contribution in [0.25, 0.3) is 0 Å². The normalized spacial score (nSPS) is 11.6. The van der Waals surface area contributed by atoms with E-state index in [1.165, 1.54) is 7.11 Å². The average molecular weight is 393 g/mol. The molecule has 0 saturated carbocycles. The molecule has 0 N–H and O–H groups in total. The number of benzene rings is 1. The summed E-state index contributed by atoms with van der Waals surface area (Å²) in [7, 11) is 1.43. The Morgan fingerprint density at radius 3 is 2.38 bits per heavy atom. The molecule has 2 rings (SSSR count). The zero-order chi connectivity index (χ0) is 17.9. The summed E-state index contributed by atoms with van der Waals surface area (Å²) < 4.78 is 8.07. The summed E-state index contributed by atoms with van der Waals surface area (Å²) in [4.78, 5) is 12.5. The highest BCUT2D eigenvalue weighted by atomic mass is 79.9. The van der Waals surface area contributed by atoms with Gasteiger partial charge >= 0.3 is 5.97 Å². The Labute approximate surface area is 152 Å². The summed E-state index contributed by atoms with van der Waals surface area (Å²) >= 11 is 3.45. The molecule has 0 spiro atoms. The number of aromatic nitrogens is 2. The number of methoxy groups -OCH3 is 1. The molecule has 4 nitrogen and oxygen atoms in total. The van der Waals surface area contributed by atoms with Crippen molar-refractivity contribution in [3.8, 4) is 0 Å². The molecule has 2 aromatic rings. The van der Waals surface area contributed by atoms with E-state index in [4.69, 9.17) is 9.84 Å². The van der Waals surface area contributed by atoms with Gasteiger partial charge in [0.25, 0.3) is 0 Å². The van der Waals surface area contributed by atoms with Crippen molar-refractivity contribution in [1.29, 1.82) is 0 Å². The van der Waals surface area contributed by atoms with Gasteiger partial charge in [0.15, 0.2) is 0 Å². The fraction of sp³-hybridized carbons (Fsp3) is 0.474. The molecule has 0 aliphatic carbocycles. The first-order valence-corrected chi connectivity index (χ1v) is 9.00. The molecule has 1 aromatic carbocycles. The topological polar surface area (TPSA) is 44.1 Å². The third-order valence-corrected chi connectivity index (χ3v) is 4.37. The number of carbonyl (C=O) groups is 1. The van der Waals surface area contributed by atoms with Crippen LogP contribution in [0.5, 0.6) is 0 Å². The lowest BCUT2D eigenvalue weighted by molar-refractivity contribution is 0.0596. The first kappa shape index (κ1) is 18.7. The number of halogens is 1. The maximum atomic E-state index is 12.5. The van der Waals surface area contributed by atoms with E-state index in [1.807, 2.05) is 28.9 Å². The van der Waals surface area contributed by atoms with Crippen molar-refractivity contribution < 1.29 is 9.53 Å². The maximum absolute atomic E-state index is 12.5. The van der Waals surface area contributed by atoms with Crippen LogP contribution in [0.1, 0.15) is 61.4 Å². The second kappa shape index (κ2) is 7.51. The lowest BCUT2D eigenvalue weighted by Crippen LogP contribution is -2.22. The zero-order valence-corrected chi connectivity index (χ0v) is 16.6. The second-order valence-electron chi connectivity index (χ2n) is 6.94. The number of hydrogen-bond donors (Lipinski definition) is 0. The van der Waals surface area contributed by atoms with Crippen molar-refractivity contribution in [2.45, 2.75) is 52.5 Å². The third-order valence-electron chi connectivity index (χ3n) is 3.85. The molecule has 0 radical (unpaired) electrons. The van der Waals surface area contributed by atoms with Gasteiger partial charge in [0.05, 0.1) is 18.5 Å². The van der Waals surface area contributed by atoms with Crippen molar-refractivity contribution in [3.05, 3.63) is 51.3 Å². The van der Waals surface area contributed by atoms with Gasteiger partial charge in [-0.1, -0.05) is 55.8 Å². The van der Waals surface area contributed by atoms with E-state index < -0.39 is 0 Å². The van der Waals surface area contributed by atoms with Gasteiger partial charge in [-0.3, -0.25) is 4.68 Å². The van der Waals surface area contributed by atoms with Gasteiger partial charge in [0, 0.05) is 22.9 Å². The number of ether oxygens (including phenoxy) is 1. The molecule has 5 heteroatoms. The van der Waals surface area contributed by atoms with E-state index in [0.29, 0.717) is 12.0 Å². The van der Waals surface area contributed by atoms with E-state index in [-0.39, 0.29) is 11.4 Å². The van der Waals surface area contributed by atoms with Crippen LogP contribution in [0.2, 0.25) is 0 Å². The van der Waals surface area contributed by atoms with Crippen LogP contribution < -0.4 is 0 Å². The van der Waals surface area contributed by atoms with E-state index >= 15 is 0 Å². The standard InChI is InChI=1S/C19H25BrN2O2/c1-6-11-22-17(19(2,3)4)16(18(23)24-5)15(21-22)12-13-7-9-14(20)10-8-13/h7-10H,6,11-12H2,1-5H3. The zero-order valence-electron chi connectivity index (χ0n) is 15.0. The number of hydrogen-bond acceptors (Lipinski definition) is 3. The predicted octanol–water partition coefficient (Wildman–Crippen LogP) is 4.73. The van der Waals surface area contributed by atoms with Gasteiger partial charge in [0.1, 0.15) is 5.56 Å². The minimum atomic E-state index is -0.311. The van der Waals surface area contributed by atoms with Crippen LogP contribution in [-0.2, 0) is 23.1 Å². The molecular weight excluding hydrogens is 368 g/mol. The first-order chi connectivity index (χ1) is 11.3. The summed E-state index contributed by atoms with van der Waals surface area (Å²) in [6.07, 6.45) is 1.57. The third kappa shape index (κ3) is 4.07. The van der Waals surface area contributed by atoms with Crippen molar-refractivity contribution in [1.82, 2.24) is 9.78 Å². The van der Waals surface area contributed by atoms with E-state index in [1.54, 1.807) is 0 Å². The van der Waals surface area contributed by atoms with Gasteiger partial charge in [-0.2, -0.15) is 5.10 Å². The molecule has 0 saturated heterocycles. The molecule has 1 aromatic heterocycles. The van der Waals surface area contributed by atoms with Gasteiger partial charge in [-0.05, 0) is 24.1 Å².